The predicted molar refractivity (Wildman–Crippen MR) is 160 cm³/mol. The summed E-state index contributed by atoms with van der Waals surface area (Å²) >= 11 is 0. The zero-order valence-electron chi connectivity index (χ0n) is 25.0. The number of hydrogen-bond donors (Lipinski definition) is 4. The first-order chi connectivity index (χ1) is 23.0. The molecule has 3 heterocycles. The average Bonchev–Trinajstić information content (AvgIpc) is 3.48. The maximum Gasteiger partial charge on any atom is 0.490 e. The predicted octanol–water partition coefficient (Wildman–Crippen LogP) is 4.48. The maximum atomic E-state index is 10.6. The van der Waals surface area contributed by atoms with Gasteiger partial charge in [-0.1, -0.05) is 17.3 Å². The van der Waals surface area contributed by atoms with Crippen molar-refractivity contribution in [3.05, 3.63) is 72.6 Å². The number of nitrogen functional groups attached to an aromatic ring is 2. The lowest BCUT2D eigenvalue weighted by atomic mass is 10.2. The van der Waals surface area contributed by atoms with Gasteiger partial charge in [0.2, 0.25) is 0 Å². The molecule has 5 aromatic rings. The van der Waals surface area contributed by atoms with Gasteiger partial charge in [-0.05, 0) is 48.5 Å². The number of carboxylic acids is 2. The largest absolute Gasteiger partial charge is 0.490 e. The third kappa shape index (κ3) is 12.0. The zero-order chi connectivity index (χ0) is 36.2. The summed E-state index contributed by atoms with van der Waals surface area (Å²) in [5, 5.41) is 24.4. The summed E-state index contributed by atoms with van der Waals surface area (Å²) in [6.07, 6.45) is -8.32. The number of nitrogens with zero attached hydrogens (tertiary/aromatic N) is 5. The normalized spacial score (nSPS) is 11.2. The number of carbonyl (C=O) groups is 2. The van der Waals surface area contributed by atoms with Crippen molar-refractivity contribution in [1.29, 1.82) is 0 Å². The summed E-state index contributed by atoms with van der Waals surface area (Å²) in [6.45, 7) is 2.22. The molecule has 0 amide bonds. The third-order valence-corrected chi connectivity index (χ3v) is 5.82. The van der Waals surface area contributed by atoms with Gasteiger partial charge in [0.25, 0.3) is 0 Å². The molecule has 0 saturated carbocycles. The molecule has 0 atom stereocenters. The fraction of sp³-hybridized carbons (Fsp3) is 0.241. The second kappa shape index (κ2) is 16.8. The van der Waals surface area contributed by atoms with Gasteiger partial charge < -0.3 is 35.9 Å². The zero-order valence-corrected chi connectivity index (χ0v) is 25.0. The minimum atomic E-state index is -5.08. The van der Waals surface area contributed by atoms with Crippen molar-refractivity contribution < 1.29 is 60.4 Å². The van der Waals surface area contributed by atoms with Crippen molar-refractivity contribution in [2.45, 2.75) is 25.5 Å². The lowest BCUT2D eigenvalue weighted by Gasteiger charge is -2.10. The number of aliphatic carboxylic acids is 2. The first kappa shape index (κ1) is 37.5. The van der Waals surface area contributed by atoms with E-state index in [-0.39, 0.29) is 0 Å². The van der Waals surface area contributed by atoms with Crippen LogP contribution >= 0.6 is 0 Å². The van der Waals surface area contributed by atoms with E-state index < -0.39 is 24.3 Å². The Bertz CT molecular complexity index is 1850. The first-order valence-corrected chi connectivity index (χ1v) is 13.7. The number of halogens is 6. The molecule has 0 unspecified atom stereocenters. The van der Waals surface area contributed by atoms with Gasteiger partial charge in [-0.15, -0.1) is 5.10 Å². The van der Waals surface area contributed by atoms with Crippen molar-refractivity contribution in [3.63, 3.8) is 0 Å². The SMILES string of the molecule is Nc1ccc2c(OCCOCCn3cc(COc4cccc5nc(N)ccc45)nn3)cccc2n1.O=C(O)C(F)(F)F.O=C(O)C(F)(F)F. The molecule has 2 aromatic carbocycles. The van der Waals surface area contributed by atoms with Crippen LogP contribution in [0.25, 0.3) is 21.8 Å². The van der Waals surface area contributed by atoms with Crippen molar-refractivity contribution >= 4 is 45.4 Å². The fourth-order valence-electron chi connectivity index (χ4n) is 3.67. The Balaban J connectivity index is 0.000000392. The van der Waals surface area contributed by atoms with Crippen LogP contribution < -0.4 is 20.9 Å². The van der Waals surface area contributed by atoms with Crippen LogP contribution in [0.4, 0.5) is 38.0 Å². The third-order valence-electron chi connectivity index (χ3n) is 5.82. The van der Waals surface area contributed by atoms with E-state index in [1.165, 1.54) is 0 Å². The molecule has 0 fully saturated rings. The van der Waals surface area contributed by atoms with E-state index in [2.05, 4.69) is 20.3 Å². The minimum absolute atomic E-state index is 0.295. The van der Waals surface area contributed by atoms with E-state index in [0.717, 1.165) is 39.0 Å². The number of carboxylic acid groups (broad SMARTS) is 2. The number of nitrogens with two attached hydrogens (primary N) is 2. The molecule has 14 nitrogen and oxygen atoms in total. The topological polar surface area (TPSA) is 211 Å². The van der Waals surface area contributed by atoms with Gasteiger partial charge in [0, 0.05) is 10.8 Å². The average molecular weight is 700 g/mol. The van der Waals surface area contributed by atoms with Crippen molar-refractivity contribution in [3.8, 4) is 11.5 Å². The van der Waals surface area contributed by atoms with E-state index in [1.807, 2.05) is 54.7 Å². The van der Waals surface area contributed by atoms with Crippen LogP contribution in [0.1, 0.15) is 5.69 Å². The molecule has 0 spiro atoms. The molecule has 6 N–H and O–H groups in total. The van der Waals surface area contributed by atoms with Gasteiger partial charge in [0.1, 0.15) is 42.0 Å². The molecule has 0 aliphatic rings. The van der Waals surface area contributed by atoms with Crippen LogP contribution in [0.15, 0.2) is 66.9 Å². The molecule has 49 heavy (non-hydrogen) atoms. The molecular weight excluding hydrogens is 672 g/mol. The Morgan fingerprint density at radius 1 is 0.714 bits per heavy atom. The van der Waals surface area contributed by atoms with Crippen LogP contribution in [0.3, 0.4) is 0 Å². The van der Waals surface area contributed by atoms with E-state index in [9.17, 15) is 26.3 Å². The molecule has 20 heteroatoms. The highest BCUT2D eigenvalue weighted by molar-refractivity contribution is 5.87. The van der Waals surface area contributed by atoms with Gasteiger partial charge in [-0.25, -0.2) is 24.2 Å². The number of aromatic nitrogens is 5. The number of hydrogen-bond acceptors (Lipinski definition) is 11. The molecule has 262 valence electrons. The number of anilines is 2. The Morgan fingerprint density at radius 3 is 1.69 bits per heavy atom. The summed E-state index contributed by atoms with van der Waals surface area (Å²) in [7, 11) is 0. The van der Waals surface area contributed by atoms with Crippen LogP contribution in [-0.2, 0) is 27.5 Å². The smallest absolute Gasteiger partial charge is 0.490 e. The highest BCUT2D eigenvalue weighted by Gasteiger charge is 2.38. The number of pyridine rings is 2. The van der Waals surface area contributed by atoms with Crippen LogP contribution in [0.2, 0.25) is 0 Å². The fourth-order valence-corrected chi connectivity index (χ4v) is 3.67. The maximum absolute atomic E-state index is 10.6. The summed E-state index contributed by atoms with van der Waals surface area (Å²) in [5.41, 5.74) is 13.8. The molecule has 3 aromatic heterocycles. The van der Waals surface area contributed by atoms with Crippen molar-refractivity contribution in [2.24, 2.45) is 0 Å². The van der Waals surface area contributed by atoms with Gasteiger partial charge in [-0.2, -0.15) is 26.3 Å². The number of rotatable bonds is 10. The Morgan fingerprint density at radius 2 is 1.20 bits per heavy atom. The Hall–Kier alpha value is -5.92. The van der Waals surface area contributed by atoms with E-state index in [4.69, 9.17) is 45.5 Å². The summed E-state index contributed by atoms with van der Waals surface area (Å²) in [4.78, 5) is 26.4. The monoisotopic (exact) mass is 699 g/mol. The molecule has 0 saturated heterocycles. The minimum Gasteiger partial charge on any atom is -0.490 e. The molecule has 0 radical (unpaired) electrons. The van der Waals surface area contributed by atoms with Crippen LogP contribution in [0.5, 0.6) is 11.5 Å². The lowest BCUT2D eigenvalue weighted by Crippen LogP contribution is -2.21. The second-order valence-corrected chi connectivity index (χ2v) is 9.45. The summed E-state index contributed by atoms with van der Waals surface area (Å²) in [5.74, 6) is -3.08. The van der Waals surface area contributed by atoms with Crippen molar-refractivity contribution in [1.82, 2.24) is 25.0 Å². The Kier molecular flexibility index (Phi) is 12.8. The molecule has 0 bridgehead atoms. The summed E-state index contributed by atoms with van der Waals surface area (Å²) in [6, 6.07) is 18.7. The van der Waals surface area contributed by atoms with E-state index in [1.54, 1.807) is 16.8 Å². The second-order valence-electron chi connectivity index (χ2n) is 9.45. The van der Waals surface area contributed by atoms with Gasteiger partial charge in [0.15, 0.2) is 0 Å². The summed E-state index contributed by atoms with van der Waals surface area (Å²) < 4.78 is 82.7. The van der Waals surface area contributed by atoms with Crippen molar-refractivity contribution in [2.75, 3.05) is 31.3 Å². The Labute approximate surface area is 271 Å². The highest BCUT2D eigenvalue weighted by atomic mass is 19.4. The first-order valence-electron chi connectivity index (χ1n) is 13.7. The number of fused-ring (bicyclic) bond motifs is 2. The molecule has 5 rings (SSSR count). The van der Waals surface area contributed by atoms with Gasteiger partial charge in [-0.3, -0.25) is 0 Å². The van der Waals surface area contributed by atoms with Gasteiger partial charge >= 0.3 is 24.3 Å². The lowest BCUT2D eigenvalue weighted by molar-refractivity contribution is -0.193. The number of alkyl halides is 6. The molecular formula is C29H27F6N7O7. The van der Waals surface area contributed by atoms with E-state index in [0.29, 0.717) is 44.6 Å². The highest BCUT2D eigenvalue weighted by Crippen LogP contribution is 2.26. The number of benzene rings is 2. The molecule has 0 aliphatic carbocycles. The molecule has 0 aliphatic heterocycles. The van der Waals surface area contributed by atoms with Gasteiger partial charge in [0.05, 0.1) is 37.0 Å². The van der Waals surface area contributed by atoms with Crippen LogP contribution in [0, 0.1) is 0 Å². The van der Waals surface area contributed by atoms with E-state index >= 15 is 0 Å². The quantitative estimate of drug-likeness (QED) is 0.117. The standard InChI is InChI=1S/C25H25N7O3.2C2HF3O2/c26-24-9-7-18-20(28-24)3-1-5-22(18)34-14-13-33-12-11-32-15-17(30-31-32)16-35-23-6-2-4-21-19(23)8-10-25(27)29-21;2*3-2(4,5)1(6)7/h1-10,15H,11-14,16H2,(H2,26,28)(H2,27,29);2*(H,6,7). The number of ether oxygens (including phenoxy) is 3. The van der Waals surface area contributed by atoms with Crippen LogP contribution in [-0.4, -0.2) is 79.3 Å².